The van der Waals surface area contributed by atoms with E-state index in [1.54, 1.807) is 36.4 Å². The molecule has 0 radical (unpaired) electrons. The van der Waals surface area contributed by atoms with E-state index in [9.17, 15) is 25.9 Å². The minimum Gasteiger partial charge on any atom is -0.744 e. The van der Waals surface area contributed by atoms with Gasteiger partial charge >= 0.3 is 48.9 Å². The van der Waals surface area contributed by atoms with Crippen molar-refractivity contribution in [3.8, 4) is 0 Å². The molecule has 0 amide bonds. The average Bonchev–Trinajstić information content (AvgIpc) is 2.74. The molecular weight excluding hydrogens is 586 g/mol. The van der Waals surface area contributed by atoms with E-state index in [0.29, 0.717) is 24.0 Å². The maximum Gasteiger partial charge on any atom is 2.00 e. The first-order chi connectivity index (χ1) is 15.1. The number of benzene rings is 2. The topological polar surface area (TPSA) is 114 Å². The minimum absolute atomic E-state index is 0. The molecule has 0 aliphatic rings. The molecule has 2 aromatic rings. The molecule has 6 nitrogen and oxygen atoms in total. The first-order valence-corrected chi connectivity index (χ1v) is 14.0. The zero-order valence-corrected chi connectivity index (χ0v) is 25.7. The summed E-state index contributed by atoms with van der Waals surface area (Å²) < 4.78 is 65.9. The van der Waals surface area contributed by atoms with Crippen LogP contribution in [0.25, 0.3) is 0 Å². The van der Waals surface area contributed by atoms with E-state index >= 15 is 0 Å². The fourth-order valence-electron chi connectivity index (χ4n) is 3.39. The second-order valence-electron chi connectivity index (χ2n) is 7.75. The summed E-state index contributed by atoms with van der Waals surface area (Å²) in [6.45, 7) is 4.24. The maximum atomic E-state index is 11.0. The standard InChI is InChI=1S/2C12H18O3S.Ba/c2*1-2-3-4-5-8-11-9-6-7-10-12(11)16(13,14)15;/h2*6-7,9-10H,2-5,8H2,1H3,(H,13,14,15);/q;;+2/p-2. The van der Waals surface area contributed by atoms with Gasteiger partial charge in [0.2, 0.25) is 0 Å². The number of hydrogen-bond donors (Lipinski definition) is 0. The summed E-state index contributed by atoms with van der Waals surface area (Å²) >= 11 is 0. The summed E-state index contributed by atoms with van der Waals surface area (Å²) in [4.78, 5) is -0.127. The van der Waals surface area contributed by atoms with Crippen LogP contribution in [0.4, 0.5) is 0 Å². The average molecular weight is 620 g/mol. The van der Waals surface area contributed by atoms with Crippen molar-refractivity contribution < 1.29 is 25.9 Å². The largest absolute Gasteiger partial charge is 2.00 e. The maximum absolute atomic E-state index is 11.0. The third kappa shape index (κ3) is 13.5. The quantitative estimate of drug-likeness (QED) is 0.187. The van der Waals surface area contributed by atoms with Crippen LogP contribution in [0.1, 0.15) is 76.3 Å². The van der Waals surface area contributed by atoms with Crippen LogP contribution in [0.5, 0.6) is 0 Å². The SMILES string of the molecule is CCCCCCc1ccccc1S(=O)(=O)[O-].CCCCCCc1ccccc1S(=O)(=O)[O-].[Ba+2]. The van der Waals surface area contributed by atoms with Crippen molar-refractivity contribution in [2.24, 2.45) is 0 Å². The Morgan fingerprint density at radius 1 is 0.576 bits per heavy atom. The smallest absolute Gasteiger partial charge is 0.744 e. The summed E-state index contributed by atoms with van der Waals surface area (Å²) in [5.74, 6) is 0. The molecule has 9 heteroatoms. The van der Waals surface area contributed by atoms with Gasteiger partial charge < -0.3 is 9.11 Å². The molecule has 2 aromatic carbocycles. The molecule has 0 atom stereocenters. The second kappa shape index (κ2) is 17.3. The minimum atomic E-state index is -4.33. The van der Waals surface area contributed by atoms with Crippen LogP contribution >= 0.6 is 0 Å². The van der Waals surface area contributed by atoms with Crippen molar-refractivity contribution in [1.29, 1.82) is 0 Å². The Morgan fingerprint density at radius 3 is 1.21 bits per heavy atom. The van der Waals surface area contributed by atoms with E-state index in [-0.39, 0.29) is 58.7 Å². The van der Waals surface area contributed by atoms with E-state index in [2.05, 4.69) is 13.8 Å². The monoisotopic (exact) mass is 620 g/mol. The number of hydrogen-bond acceptors (Lipinski definition) is 6. The molecule has 0 unspecified atom stereocenters. The summed E-state index contributed by atoms with van der Waals surface area (Å²) in [6, 6.07) is 12.9. The van der Waals surface area contributed by atoms with Crippen LogP contribution in [0.2, 0.25) is 0 Å². The number of rotatable bonds is 12. The second-order valence-corrected chi connectivity index (χ2v) is 10.4. The predicted molar refractivity (Wildman–Crippen MR) is 130 cm³/mol. The predicted octanol–water partition coefficient (Wildman–Crippen LogP) is 5.05. The van der Waals surface area contributed by atoms with Crippen molar-refractivity contribution in [3.05, 3.63) is 59.7 Å². The molecule has 0 heterocycles. The number of aryl methyl sites for hydroxylation is 2. The Kier molecular flexibility index (Phi) is 17.2. The van der Waals surface area contributed by atoms with Gasteiger partial charge in [0.25, 0.3) is 0 Å². The summed E-state index contributed by atoms with van der Waals surface area (Å²) in [7, 11) is -8.65. The molecule has 0 saturated heterocycles. The Morgan fingerprint density at radius 2 is 0.909 bits per heavy atom. The van der Waals surface area contributed by atoms with Crippen LogP contribution in [-0.4, -0.2) is 74.8 Å². The normalized spacial score (nSPS) is 11.3. The molecule has 0 saturated carbocycles. The van der Waals surface area contributed by atoms with Gasteiger partial charge in [0.05, 0.1) is 9.79 Å². The molecule has 0 bridgehead atoms. The van der Waals surface area contributed by atoms with Crippen molar-refractivity contribution >= 4 is 69.1 Å². The summed E-state index contributed by atoms with van der Waals surface area (Å²) in [6.07, 6.45) is 9.91. The fourth-order valence-corrected chi connectivity index (χ4v) is 4.87. The van der Waals surface area contributed by atoms with Gasteiger partial charge in [0.15, 0.2) is 0 Å². The van der Waals surface area contributed by atoms with E-state index in [1.807, 2.05) is 0 Å². The fraction of sp³-hybridized carbons (Fsp3) is 0.500. The zero-order valence-electron chi connectivity index (χ0n) is 19.7. The summed E-state index contributed by atoms with van der Waals surface area (Å²) in [5, 5.41) is 0. The van der Waals surface area contributed by atoms with Crippen LogP contribution in [0, 0.1) is 0 Å². The molecule has 0 aliphatic heterocycles. The van der Waals surface area contributed by atoms with Gasteiger partial charge in [0, 0.05) is 0 Å². The molecule has 0 aromatic heterocycles. The van der Waals surface area contributed by atoms with Gasteiger partial charge in [-0.05, 0) is 48.9 Å². The van der Waals surface area contributed by atoms with Crippen molar-refractivity contribution in [3.63, 3.8) is 0 Å². The van der Waals surface area contributed by atoms with E-state index in [1.165, 1.54) is 12.1 Å². The van der Waals surface area contributed by atoms with Gasteiger partial charge in [-0.3, -0.25) is 0 Å². The third-order valence-electron chi connectivity index (χ3n) is 5.08. The van der Waals surface area contributed by atoms with Crippen LogP contribution in [0.15, 0.2) is 58.3 Å². The molecule has 180 valence electrons. The van der Waals surface area contributed by atoms with Gasteiger partial charge in [-0.15, -0.1) is 0 Å². The Labute approximate surface area is 240 Å². The van der Waals surface area contributed by atoms with Gasteiger partial charge in [-0.1, -0.05) is 88.8 Å². The first kappa shape index (κ1) is 32.8. The van der Waals surface area contributed by atoms with Gasteiger partial charge in [0.1, 0.15) is 20.2 Å². The van der Waals surface area contributed by atoms with E-state index < -0.39 is 20.2 Å². The number of unbranched alkanes of at least 4 members (excludes halogenated alkanes) is 6. The first-order valence-electron chi connectivity index (χ1n) is 11.2. The van der Waals surface area contributed by atoms with Crippen molar-refractivity contribution in [2.45, 2.75) is 87.8 Å². The molecule has 0 spiro atoms. The summed E-state index contributed by atoms with van der Waals surface area (Å²) in [5.41, 5.74) is 1.29. The van der Waals surface area contributed by atoms with E-state index in [0.717, 1.165) is 51.4 Å². The van der Waals surface area contributed by atoms with Crippen LogP contribution in [0.3, 0.4) is 0 Å². The Hall–Kier alpha value is -0.169. The molecular formula is C24H34BaO6S2. The van der Waals surface area contributed by atoms with Gasteiger partial charge in [-0.25, -0.2) is 16.8 Å². The molecule has 0 fully saturated rings. The van der Waals surface area contributed by atoms with Crippen LogP contribution < -0.4 is 0 Å². The van der Waals surface area contributed by atoms with Crippen molar-refractivity contribution in [1.82, 2.24) is 0 Å². The Bertz CT molecular complexity index is 937. The molecule has 0 N–H and O–H groups in total. The van der Waals surface area contributed by atoms with E-state index in [4.69, 9.17) is 0 Å². The van der Waals surface area contributed by atoms with Crippen molar-refractivity contribution in [2.75, 3.05) is 0 Å². The van der Waals surface area contributed by atoms with Gasteiger partial charge in [-0.2, -0.15) is 0 Å². The third-order valence-corrected chi connectivity index (χ3v) is 6.96. The zero-order chi connectivity index (χ0) is 24.0. The molecule has 2 rings (SSSR count). The van der Waals surface area contributed by atoms with Crippen LogP contribution in [-0.2, 0) is 33.1 Å². The molecule has 33 heavy (non-hydrogen) atoms. The Balaban J connectivity index is 0.000000602. The molecule has 0 aliphatic carbocycles.